The SMILES string of the molecule is CC1(C)OCCC1N1N=C(CCc2ccccc2)CC1=O. The van der Waals surface area contributed by atoms with Gasteiger partial charge in [-0.2, -0.15) is 5.10 Å². The molecule has 21 heavy (non-hydrogen) atoms. The number of hydrogen-bond acceptors (Lipinski definition) is 3. The van der Waals surface area contributed by atoms with Crippen molar-refractivity contribution in [3.8, 4) is 0 Å². The Bertz CT molecular complexity index is 551. The number of benzene rings is 1. The van der Waals surface area contributed by atoms with Gasteiger partial charge in [0, 0.05) is 12.3 Å². The van der Waals surface area contributed by atoms with Gasteiger partial charge in [-0.3, -0.25) is 4.79 Å². The first-order chi connectivity index (χ1) is 10.1. The van der Waals surface area contributed by atoms with Crippen LogP contribution in [0.3, 0.4) is 0 Å². The van der Waals surface area contributed by atoms with Crippen LogP contribution in [0.4, 0.5) is 0 Å². The van der Waals surface area contributed by atoms with Gasteiger partial charge in [-0.1, -0.05) is 30.3 Å². The minimum absolute atomic E-state index is 0.0687. The van der Waals surface area contributed by atoms with E-state index in [-0.39, 0.29) is 17.6 Å². The molecule has 1 amide bonds. The molecule has 3 rings (SSSR count). The average Bonchev–Trinajstić information content (AvgIpc) is 2.99. The molecular weight excluding hydrogens is 264 g/mol. The monoisotopic (exact) mass is 286 g/mol. The van der Waals surface area contributed by atoms with Crippen molar-refractivity contribution in [2.45, 2.75) is 51.2 Å². The molecule has 1 aromatic rings. The van der Waals surface area contributed by atoms with Gasteiger partial charge < -0.3 is 4.74 Å². The second-order valence-electron chi connectivity index (χ2n) is 6.32. The minimum atomic E-state index is -0.298. The van der Waals surface area contributed by atoms with Crippen LogP contribution in [0.25, 0.3) is 0 Å². The summed E-state index contributed by atoms with van der Waals surface area (Å²) in [4.78, 5) is 12.2. The third kappa shape index (κ3) is 3.00. The fraction of sp³-hybridized carbons (Fsp3) is 0.529. The third-order valence-electron chi connectivity index (χ3n) is 4.37. The number of aryl methyl sites for hydroxylation is 1. The van der Waals surface area contributed by atoms with Crippen molar-refractivity contribution in [2.75, 3.05) is 6.61 Å². The van der Waals surface area contributed by atoms with Crippen molar-refractivity contribution in [3.05, 3.63) is 35.9 Å². The van der Waals surface area contributed by atoms with Crippen LogP contribution in [0.2, 0.25) is 0 Å². The van der Waals surface area contributed by atoms with Gasteiger partial charge in [-0.25, -0.2) is 5.01 Å². The summed E-state index contributed by atoms with van der Waals surface area (Å²) in [6.45, 7) is 4.78. The highest BCUT2D eigenvalue weighted by atomic mass is 16.5. The molecule has 1 atom stereocenters. The number of ether oxygens (including phenoxy) is 1. The number of nitrogens with zero attached hydrogens (tertiary/aromatic N) is 2. The predicted octanol–water partition coefficient (Wildman–Crippen LogP) is 2.78. The molecule has 4 heteroatoms. The van der Waals surface area contributed by atoms with E-state index in [2.05, 4.69) is 17.2 Å². The van der Waals surface area contributed by atoms with Crippen molar-refractivity contribution in [3.63, 3.8) is 0 Å². The van der Waals surface area contributed by atoms with Gasteiger partial charge >= 0.3 is 0 Å². The molecule has 112 valence electrons. The standard InChI is InChI=1S/C17H22N2O2/c1-17(2)15(10-11-21-17)19-16(20)12-14(18-19)9-8-13-6-4-3-5-7-13/h3-7,15H,8-12H2,1-2H3. The predicted molar refractivity (Wildman–Crippen MR) is 82.1 cm³/mol. The van der Waals surface area contributed by atoms with Crippen molar-refractivity contribution < 1.29 is 9.53 Å². The van der Waals surface area contributed by atoms with Crippen LogP contribution in [0.15, 0.2) is 35.4 Å². The van der Waals surface area contributed by atoms with Gasteiger partial charge in [-0.05, 0) is 38.7 Å². The summed E-state index contributed by atoms with van der Waals surface area (Å²) in [6, 6.07) is 10.4. The number of carbonyl (C=O) groups is 1. The Balaban J connectivity index is 1.65. The molecule has 2 aliphatic heterocycles. The molecule has 2 heterocycles. The van der Waals surface area contributed by atoms with E-state index in [1.54, 1.807) is 5.01 Å². The summed E-state index contributed by atoms with van der Waals surface area (Å²) >= 11 is 0. The summed E-state index contributed by atoms with van der Waals surface area (Å²) in [5.74, 6) is 0.113. The Hall–Kier alpha value is -1.68. The van der Waals surface area contributed by atoms with Gasteiger partial charge in [-0.15, -0.1) is 0 Å². The second-order valence-corrected chi connectivity index (χ2v) is 6.32. The van der Waals surface area contributed by atoms with Crippen LogP contribution in [0.5, 0.6) is 0 Å². The Morgan fingerprint density at radius 1 is 1.29 bits per heavy atom. The van der Waals surface area contributed by atoms with Crippen molar-refractivity contribution >= 4 is 11.6 Å². The van der Waals surface area contributed by atoms with E-state index in [4.69, 9.17) is 4.74 Å². The fourth-order valence-electron chi connectivity index (χ4n) is 3.11. The molecule has 2 aliphatic rings. The number of hydrogen-bond donors (Lipinski definition) is 0. The first-order valence-electron chi connectivity index (χ1n) is 7.62. The molecule has 0 N–H and O–H groups in total. The van der Waals surface area contributed by atoms with E-state index in [0.717, 1.165) is 25.0 Å². The molecular formula is C17H22N2O2. The van der Waals surface area contributed by atoms with Gasteiger partial charge in [0.25, 0.3) is 0 Å². The highest BCUT2D eigenvalue weighted by molar-refractivity contribution is 6.05. The summed E-state index contributed by atoms with van der Waals surface area (Å²) in [5.41, 5.74) is 1.98. The molecule has 0 aliphatic carbocycles. The number of carbonyl (C=O) groups excluding carboxylic acids is 1. The Morgan fingerprint density at radius 2 is 2.05 bits per heavy atom. The largest absolute Gasteiger partial charge is 0.373 e. The Morgan fingerprint density at radius 3 is 2.71 bits per heavy atom. The van der Waals surface area contributed by atoms with E-state index >= 15 is 0 Å². The van der Waals surface area contributed by atoms with Crippen molar-refractivity contribution in [1.29, 1.82) is 0 Å². The van der Waals surface area contributed by atoms with Gasteiger partial charge in [0.15, 0.2) is 0 Å². The number of rotatable bonds is 4. The molecule has 0 saturated carbocycles. The third-order valence-corrected chi connectivity index (χ3v) is 4.37. The molecule has 0 aromatic heterocycles. The first-order valence-corrected chi connectivity index (χ1v) is 7.62. The van der Waals surface area contributed by atoms with Gasteiger partial charge in [0.1, 0.15) is 0 Å². The second kappa shape index (κ2) is 5.60. The Labute approximate surface area is 125 Å². The number of hydrazone groups is 1. The van der Waals surface area contributed by atoms with Gasteiger partial charge in [0.05, 0.1) is 18.1 Å². The minimum Gasteiger partial charge on any atom is -0.373 e. The van der Waals surface area contributed by atoms with Crippen molar-refractivity contribution in [2.24, 2.45) is 5.10 Å². The molecule has 1 unspecified atom stereocenters. The fourth-order valence-corrected chi connectivity index (χ4v) is 3.11. The molecule has 1 fully saturated rings. The first kappa shape index (κ1) is 14.3. The average molecular weight is 286 g/mol. The zero-order valence-corrected chi connectivity index (χ0v) is 12.7. The van der Waals surface area contributed by atoms with Crippen LogP contribution >= 0.6 is 0 Å². The van der Waals surface area contributed by atoms with E-state index < -0.39 is 0 Å². The van der Waals surface area contributed by atoms with E-state index in [1.165, 1.54) is 5.56 Å². The van der Waals surface area contributed by atoms with Crippen LogP contribution in [-0.2, 0) is 16.0 Å². The normalized spacial score (nSPS) is 24.5. The number of amides is 1. The highest BCUT2D eigenvalue weighted by Gasteiger charge is 2.43. The van der Waals surface area contributed by atoms with Crippen LogP contribution in [0, 0.1) is 0 Å². The maximum Gasteiger partial charge on any atom is 0.248 e. The lowest BCUT2D eigenvalue weighted by atomic mass is 9.98. The maximum atomic E-state index is 12.2. The molecule has 0 radical (unpaired) electrons. The molecule has 4 nitrogen and oxygen atoms in total. The summed E-state index contributed by atoms with van der Waals surface area (Å²) in [7, 11) is 0. The zero-order chi connectivity index (χ0) is 14.9. The van der Waals surface area contributed by atoms with Crippen LogP contribution in [-0.4, -0.2) is 34.9 Å². The van der Waals surface area contributed by atoms with E-state index in [1.807, 2.05) is 32.0 Å². The topological polar surface area (TPSA) is 41.9 Å². The van der Waals surface area contributed by atoms with Gasteiger partial charge in [0.2, 0.25) is 5.91 Å². The summed E-state index contributed by atoms with van der Waals surface area (Å²) < 4.78 is 5.72. The lowest BCUT2D eigenvalue weighted by molar-refractivity contribution is -0.134. The van der Waals surface area contributed by atoms with E-state index in [9.17, 15) is 4.79 Å². The molecule has 0 bridgehead atoms. The van der Waals surface area contributed by atoms with Crippen molar-refractivity contribution in [1.82, 2.24) is 5.01 Å². The lowest BCUT2D eigenvalue weighted by Crippen LogP contribution is -2.45. The maximum absolute atomic E-state index is 12.2. The smallest absolute Gasteiger partial charge is 0.248 e. The lowest BCUT2D eigenvalue weighted by Gasteiger charge is -2.30. The molecule has 1 saturated heterocycles. The van der Waals surface area contributed by atoms with Crippen LogP contribution in [0.1, 0.15) is 38.7 Å². The Kier molecular flexibility index (Phi) is 3.81. The quantitative estimate of drug-likeness (QED) is 0.854. The van der Waals surface area contributed by atoms with E-state index in [0.29, 0.717) is 13.0 Å². The highest BCUT2D eigenvalue weighted by Crippen LogP contribution is 2.32. The molecule has 1 aromatic carbocycles. The summed E-state index contributed by atoms with van der Waals surface area (Å²) in [6.07, 6.45) is 3.11. The van der Waals surface area contributed by atoms with Crippen LogP contribution < -0.4 is 0 Å². The molecule has 0 spiro atoms. The summed E-state index contributed by atoms with van der Waals surface area (Å²) in [5, 5.41) is 6.26. The zero-order valence-electron chi connectivity index (χ0n) is 12.7.